The number of amides is 1. The summed E-state index contributed by atoms with van der Waals surface area (Å²) in [6.45, 7) is 0. The highest BCUT2D eigenvalue weighted by Crippen LogP contribution is 2.30. The number of aromatic hydroxyl groups is 1. The summed E-state index contributed by atoms with van der Waals surface area (Å²) in [4.78, 5) is 12.7. The van der Waals surface area contributed by atoms with Crippen LogP contribution in [0.5, 0.6) is 5.75 Å². The second-order valence-electron chi connectivity index (χ2n) is 6.51. The number of nitrogens with one attached hydrogen (secondary N) is 1. The van der Waals surface area contributed by atoms with Gasteiger partial charge in [0.15, 0.2) is 0 Å². The zero-order valence-corrected chi connectivity index (χ0v) is 14.7. The van der Waals surface area contributed by atoms with Crippen LogP contribution in [0.1, 0.15) is 18.0 Å². The number of aromatic nitrogens is 1. The van der Waals surface area contributed by atoms with E-state index in [1.54, 1.807) is 24.3 Å². The summed E-state index contributed by atoms with van der Waals surface area (Å²) in [7, 11) is 0. The van der Waals surface area contributed by atoms with Gasteiger partial charge in [-0.2, -0.15) is 0 Å². The van der Waals surface area contributed by atoms with E-state index in [1.807, 2.05) is 42.7 Å². The fraction of sp³-hybridized carbons (Fsp3) is 0.0870. The smallest absolute Gasteiger partial charge is 0.226 e. The minimum absolute atomic E-state index is 0.0766. The summed E-state index contributed by atoms with van der Waals surface area (Å²) >= 11 is 0. The molecule has 0 radical (unpaired) electrons. The van der Waals surface area contributed by atoms with Crippen LogP contribution in [0.15, 0.2) is 91.3 Å². The van der Waals surface area contributed by atoms with Gasteiger partial charge in [-0.15, -0.1) is 0 Å². The van der Waals surface area contributed by atoms with Gasteiger partial charge in [0.1, 0.15) is 5.75 Å². The number of carbonyl (C=O) groups excluding carboxylic acids is 1. The first kappa shape index (κ1) is 16.9. The average molecular weight is 356 g/mol. The molecule has 27 heavy (non-hydrogen) atoms. The number of anilines is 1. The van der Waals surface area contributed by atoms with Gasteiger partial charge < -0.3 is 15.0 Å². The molecular formula is C23H20N2O2. The van der Waals surface area contributed by atoms with Gasteiger partial charge >= 0.3 is 0 Å². The molecule has 0 bridgehead atoms. The van der Waals surface area contributed by atoms with E-state index < -0.39 is 0 Å². The number of phenols is 1. The van der Waals surface area contributed by atoms with Crippen molar-refractivity contribution in [3.63, 3.8) is 0 Å². The molecule has 4 heteroatoms. The first-order valence-electron chi connectivity index (χ1n) is 8.90. The maximum atomic E-state index is 12.7. The molecule has 1 atom stereocenters. The van der Waals surface area contributed by atoms with Crippen LogP contribution in [0.4, 0.5) is 5.69 Å². The van der Waals surface area contributed by atoms with Crippen molar-refractivity contribution in [3.05, 3.63) is 96.8 Å². The summed E-state index contributed by atoms with van der Waals surface area (Å²) in [5, 5.41) is 14.6. The molecule has 1 heterocycles. The fourth-order valence-corrected chi connectivity index (χ4v) is 3.41. The van der Waals surface area contributed by atoms with Gasteiger partial charge in [-0.05, 0) is 52.7 Å². The lowest BCUT2D eigenvalue weighted by atomic mass is 9.96. The van der Waals surface area contributed by atoms with Crippen molar-refractivity contribution in [1.82, 2.24) is 4.57 Å². The maximum Gasteiger partial charge on any atom is 0.226 e. The van der Waals surface area contributed by atoms with Crippen molar-refractivity contribution in [2.75, 3.05) is 5.32 Å². The van der Waals surface area contributed by atoms with Gasteiger partial charge in [0, 0.05) is 18.1 Å². The Morgan fingerprint density at radius 3 is 2.37 bits per heavy atom. The highest BCUT2D eigenvalue weighted by Gasteiger charge is 2.19. The van der Waals surface area contributed by atoms with Gasteiger partial charge in [-0.3, -0.25) is 4.79 Å². The molecule has 0 saturated carbocycles. The molecule has 0 aliphatic rings. The van der Waals surface area contributed by atoms with Crippen molar-refractivity contribution in [2.24, 2.45) is 0 Å². The van der Waals surface area contributed by atoms with E-state index in [2.05, 4.69) is 34.1 Å². The van der Waals surface area contributed by atoms with Crippen LogP contribution in [-0.2, 0) is 4.79 Å². The summed E-state index contributed by atoms with van der Waals surface area (Å²) in [5.41, 5.74) is 1.78. The van der Waals surface area contributed by atoms with Gasteiger partial charge in [0.2, 0.25) is 5.91 Å². The molecule has 0 fully saturated rings. The highest BCUT2D eigenvalue weighted by atomic mass is 16.3. The summed E-state index contributed by atoms with van der Waals surface area (Å²) in [6, 6.07) is 24.8. The van der Waals surface area contributed by atoms with E-state index in [-0.39, 0.29) is 17.7 Å². The van der Waals surface area contributed by atoms with Crippen molar-refractivity contribution in [3.8, 4) is 5.75 Å². The lowest BCUT2D eigenvalue weighted by Crippen LogP contribution is -2.19. The quantitative estimate of drug-likeness (QED) is 0.496. The normalized spacial score (nSPS) is 12.0. The first-order valence-corrected chi connectivity index (χ1v) is 8.90. The predicted octanol–water partition coefficient (Wildman–Crippen LogP) is 4.97. The second kappa shape index (κ2) is 7.38. The summed E-state index contributed by atoms with van der Waals surface area (Å²) in [5.74, 6) is 0.0984. The van der Waals surface area contributed by atoms with Gasteiger partial charge in [0.05, 0.1) is 12.5 Å². The van der Waals surface area contributed by atoms with Gasteiger partial charge in [-0.1, -0.05) is 42.5 Å². The molecule has 4 rings (SSSR count). The number of phenolic OH excluding ortho intramolecular Hbond substituents is 1. The zero-order chi connectivity index (χ0) is 18.6. The van der Waals surface area contributed by atoms with Crippen LogP contribution >= 0.6 is 0 Å². The number of carbonyl (C=O) groups is 1. The molecule has 0 aliphatic carbocycles. The molecular weight excluding hydrogens is 336 g/mol. The Morgan fingerprint density at radius 1 is 0.889 bits per heavy atom. The van der Waals surface area contributed by atoms with E-state index in [0.29, 0.717) is 12.1 Å². The second-order valence-corrected chi connectivity index (χ2v) is 6.51. The van der Waals surface area contributed by atoms with Crippen LogP contribution in [0.2, 0.25) is 0 Å². The van der Waals surface area contributed by atoms with Crippen molar-refractivity contribution >= 4 is 22.4 Å². The molecule has 0 aliphatic heterocycles. The molecule has 1 amide bonds. The Hall–Kier alpha value is -3.53. The number of rotatable bonds is 5. The Kier molecular flexibility index (Phi) is 4.62. The molecule has 2 N–H and O–H groups in total. The number of benzene rings is 3. The van der Waals surface area contributed by atoms with Crippen LogP contribution < -0.4 is 5.32 Å². The molecule has 0 saturated heterocycles. The van der Waals surface area contributed by atoms with E-state index in [4.69, 9.17) is 0 Å². The predicted molar refractivity (Wildman–Crippen MR) is 108 cm³/mol. The Balaban J connectivity index is 1.66. The molecule has 4 aromatic rings. The van der Waals surface area contributed by atoms with Gasteiger partial charge in [0.25, 0.3) is 0 Å². The molecule has 4 nitrogen and oxygen atoms in total. The van der Waals surface area contributed by atoms with Crippen LogP contribution in [0.3, 0.4) is 0 Å². The monoisotopic (exact) mass is 356 g/mol. The van der Waals surface area contributed by atoms with Crippen LogP contribution in [0, 0.1) is 0 Å². The lowest BCUT2D eigenvalue weighted by Gasteiger charge is -2.21. The van der Waals surface area contributed by atoms with Gasteiger partial charge in [-0.25, -0.2) is 0 Å². The molecule has 0 spiro atoms. The van der Waals surface area contributed by atoms with E-state index in [9.17, 15) is 9.90 Å². The largest absolute Gasteiger partial charge is 0.508 e. The third-order valence-corrected chi connectivity index (χ3v) is 4.70. The topological polar surface area (TPSA) is 54.3 Å². The lowest BCUT2D eigenvalue weighted by molar-refractivity contribution is -0.116. The Labute approximate surface area is 157 Å². The standard InChI is InChI=1S/C23H20N2O2/c26-19-12-10-18(11-13-19)24-23(27)16-22(25-14-3-4-15-25)21-9-5-7-17-6-1-2-8-20(17)21/h1-15,22,26H,16H2,(H,24,27)/t22-/m1/s1. The maximum absolute atomic E-state index is 12.7. The van der Waals surface area contributed by atoms with Crippen LogP contribution in [0.25, 0.3) is 10.8 Å². The van der Waals surface area contributed by atoms with Crippen molar-refractivity contribution in [1.29, 1.82) is 0 Å². The van der Waals surface area contributed by atoms with E-state index in [1.165, 1.54) is 0 Å². The fourth-order valence-electron chi connectivity index (χ4n) is 3.41. The first-order chi connectivity index (χ1) is 13.2. The van der Waals surface area contributed by atoms with Crippen molar-refractivity contribution in [2.45, 2.75) is 12.5 Å². The SMILES string of the molecule is O=C(C[C@H](c1cccc2ccccc12)n1cccc1)Nc1ccc(O)cc1. The van der Waals surface area contributed by atoms with E-state index in [0.717, 1.165) is 16.3 Å². The third-order valence-electron chi connectivity index (χ3n) is 4.70. The third kappa shape index (κ3) is 3.70. The summed E-state index contributed by atoms with van der Waals surface area (Å²) in [6.07, 6.45) is 4.28. The molecule has 134 valence electrons. The molecule has 3 aromatic carbocycles. The van der Waals surface area contributed by atoms with E-state index >= 15 is 0 Å². The number of nitrogens with zero attached hydrogens (tertiary/aromatic N) is 1. The van der Waals surface area contributed by atoms with Crippen LogP contribution in [-0.4, -0.2) is 15.6 Å². The zero-order valence-electron chi connectivity index (χ0n) is 14.7. The molecule has 1 aromatic heterocycles. The minimum Gasteiger partial charge on any atom is -0.508 e. The molecule has 0 unspecified atom stereocenters. The minimum atomic E-state index is -0.108. The summed E-state index contributed by atoms with van der Waals surface area (Å²) < 4.78 is 2.07. The number of hydrogen-bond acceptors (Lipinski definition) is 2. The number of fused-ring (bicyclic) bond motifs is 1. The Morgan fingerprint density at radius 2 is 1.59 bits per heavy atom. The van der Waals surface area contributed by atoms with Crippen molar-refractivity contribution < 1.29 is 9.90 Å². The Bertz CT molecular complexity index is 1050. The highest BCUT2D eigenvalue weighted by molar-refractivity contribution is 5.92. The number of hydrogen-bond donors (Lipinski definition) is 2. The average Bonchev–Trinajstić information content (AvgIpc) is 3.22.